The number of phenolic OH excluding ortho intramolecular Hbond substituents is 2. The lowest BCUT2D eigenvalue weighted by atomic mass is 10.2. The van der Waals surface area contributed by atoms with Gasteiger partial charge in [0.1, 0.15) is 11.5 Å². The second kappa shape index (κ2) is 5.82. The molecule has 0 saturated carbocycles. The van der Waals surface area contributed by atoms with Gasteiger partial charge in [-0.15, -0.1) is 0 Å². The first-order valence-electron chi connectivity index (χ1n) is 5.50. The van der Waals surface area contributed by atoms with Gasteiger partial charge < -0.3 is 21.7 Å². The number of hydrogen-bond donors (Lipinski definition) is 4. The zero-order valence-electron chi connectivity index (χ0n) is 10.5. The van der Waals surface area contributed by atoms with Crippen LogP contribution in [0.3, 0.4) is 0 Å². The van der Waals surface area contributed by atoms with Crippen molar-refractivity contribution in [3.05, 3.63) is 47.5 Å². The zero-order valence-corrected chi connectivity index (χ0v) is 10.5. The lowest BCUT2D eigenvalue weighted by Gasteiger charge is -1.97. The maximum Gasteiger partial charge on any atom is 0.138 e. The van der Waals surface area contributed by atoms with E-state index in [1.807, 2.05) is 19.9 Å². The Kier molecular flexibility index (Phi) is 4.43. The molecular weight excluding hydrogens is 228 g/mol. The summed E-state index contributed by atoms with van der Waals surface area (Å²) in [4.78, 5) is 0. The molecule has 2 rings (SSSR count). The highest BCUT2D eigenvalue weighted by Gasteiger charge is 1.93. The number of hydrogen-bond acceptors (Lipinski definition) is 4. The van der Waals surface area contributed by atoms with Gasteiger partial charge in [-0.25, -0.2) is 0 Å². The molecule has 0 spiro atoms. The van der Waals surface area contributed by atoms with Crippen LogP contribution in [0, 0.1) is 13.8 Å². The summed E-state index contributed by atoms with van der Waals surface area (Å²) in [5.41, 5.74) is 13.9. The van der Waals surface area contributed by atoms with Crippen LogP contribution >= 0.6 is 0 Å². The van der Waals surface area contributed by atoms with Crippen molar-refractivity contribution in [3.63, 3.8) is 0 Å². The Morgan fingerprint density at radius 3 is 1.89 bits per heavy atom. The number of nitrogen functional groups attached to an aromatic ring is 2. The molecule has 0 amide bonds. The third-order valence-electron chi connectivity index (χ3n) is 2.44. The minimum Gasteiger partial charge on any atom is -0.508 e. The van der Waals surface area contributed by atoms with Gasteiger partial charge in [0.05, 0.1) is 5.69 Å². The predicted octanol–water partition coefficient (Wildman–Crippen LogP) is 2.57. The summed E-state index contributed by atoms with van der Waals surface area (Å²) >= 11 is 0. The minimum absolute atomic E-state index is 0.162. The first-order chi connectivity index (χ1) is 8.40. The Bertz CT molecular complexity index is 490. The molecule has 6 N–H and O–H groups in total. The van der Waals surface area contributed by atoms with Crippen molar-refractivity contribution in [1.29, 1.82) is 0 Å². The van der Waals surface area contributed by atoms with Crippen LogP contribution in [0.4, 0.5) is 11.4 Å². The molecule has 0 aromatic heterocycles. The third kappa shape index (κ3) is 3.90. The van der Waals surface area contributed by atoms with Gasteiger partial charge in [0.15, 0.2) is 0 Å². The van der Waals surface area contributed by atoms with Crippen molar-refractivity contribution < 1.29 is 10.2 Å². The summed E-state index contributed by atoms with van der Waals surface area (Å²) in [5, 5.41) is 17.9. The van der Waals surface area contributed by atoms with Crippen LogP contribution < -0.4 is 11.5 Å². The van der Waals surface area contributed by atoms with Crippen molar-refractivity contribution in [1.82, 2.24) is 0 Å². The second-order valence-corrected chi connectivity index (χ2v) is 4.10. The number of anilines is 2. The van der Waals surface area contributed by atoms with Crippen molar-refractivity contribution in [2.45, 2.75) is 13.8 Å². The summed E-state index contributed by atoms with van der Waals surface area (Å²) < 4.78 is 0. The highest BCUT2D eigenvalue weighted by molar-refractivity contribution is 5.52. The van der Waals surface area contributed by atoms with E-state index >= 15 is 0 Å². The van der Waals surface area contributed by atoms with Crippen LogP contribution in [-0.2, 0) is 0 Å². The zero-order chi connectivity index (χ0) is 13.7. The highest BCUT2D eigenvalue weighted by atomic mass is 16.3. The van der Waals surface area contributed by atoms with Crippen molar-refractivity contribution in [3.8, 4) is 11.5 Å². The molecular formula is C14H18N2O2. The van der Waals surface area contributed by atoms with E-state index in [4.69, 9.17) is 21.7 Å². The van der Waals surface area contributed by atoms with Crippen LogP contribution in [0.5, 0.6) is 11.5 Å². The van der Waals surface area contributed by atoms with E-state index in [1.165, 1.54) is 0 Å². The lowest BCUT2D eigenvalue weighted by Crippen LogP contribution is -1.86. The second-order valence-electron chi connectivity index (χ2n) is 4.10. The molecule has 96 valence electrons. The molecule has 0 radical (unpaired) electrons. The Labute approximate surface area is 106 Å². The average molecular weight is 246 g/mol. The van der Waals surface area contributed by atoms with Crippen LogP contribution in [0.25, 0.3) is 0 Å². The molecule has 0 bridgehead atoms. The molecule has 0 saturated heterocycles. The maximum atomic E-state index is 8.98. The van der Waals surface area contributed by atoms with Gasteiger partial charge in [0.2, 0.25) is 0 Å². The van der Waals surface area contributed by atoms with E-state index in [-0.39, 0.29) is 11.5 Å². The number of nitrogens with two attached hydrogens (primary N) is 2. The van der Waals surface area contributed by atoms with Gasteiger partial charge in [-0.2, -0.15) is 0 Å². The molecule has 0 fully saturated rings. The Morgan fingerprint density at radius 1 is 0.833 bits per heavy atom. The third-order valence-corrected chi connectivity index (χ3v) is 2.44. The predicted molar refractivity (Wildman–Crippen MR) is 74.5 cm³/mol. The SMILES string of the molecule is Cc1cc(O)ccc1N.Cc1ccc(N)c(O)c1. The van der Waals surface area contributed by atoms with Gasteiger partial charge in [0, 0.05) is 5.69 Å². The molecule has 0 unspecified atom stereocenters. The molecule has 18 heavy (non-hydrogen) atoms. The van der Waals surface area contributed by atoms with Crippen LogP contribution in [0.15, 0.2) is 36.4 Å². The Balaban J connectivity index is 0.000000180. The van der Waals surface area contributed by atoms with E-state index in [0.29, 0.717) is 11.4 Å². The highest BCUT2D eigenvalue weighted by Crippen LogP contribution is 2.19. The maximum absolute atomic E-state index is 8.98. The van der Waals surface area contributed by atoms with Gasteiger partial charge in [-0.3, -0.25) is 0 Å². The van der Waals surface area contributed by atoms with Crippen LogP contribution in [-0.4, -0.2) is 10.2 Å². The number of rotatable bonds is 0. The van der Waals surface area contributed by atoms with Crippen molar-refractivity contribution >= 4 is 11.4 Å². The van der Waals surface area contributed by atoms with Crippen LogP contribution in [0.1, 0.15) is 11.1 Å². The molecule has 0 heterocycles. The minimum atomic E-state index is 0.162. The van der Waals surface area contributed by atoms with E-state index < -0.39 is 0 Å². The summed E-state index contributed by atoms with van der Waals surface area (Å²) in [7, 11) is 0. The van der Waals surface area contributed by atoms with Gasteiger partial charge in [0.25, 0.3) is 0 Å². The Morgan fingerprint density at radius 2 is 1.44 bits per heavy atom. The normalized spacial score (nSPS) is 9.44. The average Bonchev–Trinajstić information content (AvgIpc) is 2.30. The molecule has 2 aromatic rings. The smallest absolute Gasteiger partial charge is 0.138 e. The van der Waals surface area contributed by atoms with E-state index in [9.17, 15) is 0 Å². The van der Waals surface area contributed by atoms with E-state index in [1.54, 1.807) is 30.3 Å². The molecule has 2 aromatic carbocycles. The lowest BCUT2D eigenvalue weighted by molar-refractivity contribution is 0.475. The fraction of sp³-hybridized carbons (Fsp3) is 0.143. The molecule has 0 aliphatic carbocycles. The standard InChI is InChI=1S/2C7H9NO/c1-5-4-6(9)2-3-7(5)8;1-5-2-3-6(8)7(9)4-5/h2*2-4,9H,8H2,1H3. The fourth-order valence-electron chi connectivity index (χ4n) is 1.31. The quantitative estimate of drug-likeness (QED) is 0.326. The summed E-state index contributed by atoms with van der Waals surface area (Å²) in [6.45, 7) is 3.76. The first kappa shape index (κ1) is 13.7. The van der Waals surface area contributed by atoms with Crippen molar-refractivity contribution in [2.75, 3.05) is 11.5 Å². The van der Waals surface area contributed by atoms with Gasteiger partial charge in [-0.1, -0.05) is 6.07 Å². The number of aromatic hydroxyl groups is 2. The van der Waals surface area contributed by atoms with E-state index in [2.05, 4.69) is 0 Å². The molecule has 0 atom stereocenters. The topological polar surface area (TPSA) is 92.5 Å². The van der Waals surface area contributed by atoms with Gasteiger partial charge >= 0.3 is 0 Å². The Hall–Kier alpha value is -2.36. The number of aryl methyl sites for hydroxylation is 2. The van der Waals surface area contributed by atoms with E-state index in [0.717, 1.165) is 11.1 Å². The summed E-state index contributed by atoms with van der Waals surface area (Å²) in [6, 6.07) is 10.1. The largest absolute Gasteiger partial charge is 0.508 e. The number of benzene rings is 2. The van der Waals surface area contributed by atoms with Gasteiger partial charge in [-0.05, 0) is 55.3 Å². The molecule has 0 aliphatic heterocycles. The fourth-order valence-corrected chi connectivity index (χ4v) is 1.31. The van der Waals surface area contributed by atoms with Crippen molar-refractivity contribution in [2.24, 2.45) is 0 Å². The molecule has 0 aliphatic rings. The monoisotopic (exact) mass is 246 g/mol. The summed E-state index contributed by atoms with van der Waals surface area (Å²) in [6.07, 6.45) is 0. The number of phenols is 2. The van der Waals surface area contributed by atoms with Crippen LogP contribution in [0.2, 0.25) is 0 Å². The first-order valence-corrected chi connectivity index (χ1v) is 5.50. The molecule has 4 heteroatoms. The summed E-state index contributed by atoms with van der Waals surface area (Å²) in [5.74, 6) is 0.428. The molecule has 4 nitrogen and oxygen atoms in total.